The fourth-order valence-corrected chi connectivity index (χ4v) is 3.65. The van der Waals surface area contributed by atoms with Crippen molar-refractivity contribution < 1.29 is 9.53 Å². The Morgan fingerprint density at radius 3 is 2.79 bits per heavy atom. The van der Waals surface area contributed by atoms with E-state index in [1.54, 1.807) is 16.2 Å². The van der Waals surface area contributed by atoms with Crippen LogP contribution in [0, 0.1) is 5.41 Å². The fourth-order valence-electron chi connectivity index (χ4n) is 2.45. The molecule has 4 nitrogen and oxygen atoms in total. The molecule has 106 valence electrons. The summed E-state index contributed by atoms with van der Waals surface area (Å²) in [6.45, 7) is 2.28. The van der Waals surface area contributed by atoms with E-state index in [0.717, 1.165) is 22.2 Å². The zero-order valence-electron chi connectivity index (χ0n) is 11.0. The van der Waals surface area contributed by atoms with Gasteiger partial charge >= 0.3 is 0 Å². The third-order valence-electron chi connectivity index (χ3n) is 3.68. The van der Waals surface area contributed by atoms with E-state index in [-0.39, 0.29) is 5.91 Å². The Morgan fingerprint density at radius 1 is 1.58 bits per heavy atom. The lowest BCUT2D eigenvalue weighted by Crippen LogP contribution is -2.49. The maximum absolute atomic E-state index is 12.6. The van der Waals surface area contributed by atoms with Crippen molar-refractivity contribution in [2.75, 3.05) is 26.8 Å². The van der Waals surface area contributed by atoms with Gasteiger partial charge in [-0.3, -0.25) is 4.79 Å². The standard InChI is InChI=1S/C13H19BrN2O2S/c1-16(7-10-6-11(14)19-8-10)12(17)13(9-15)2-4-18-5-3-13/h6,8H,2-5,7,9,15H2,1H3. The molecule has 1 saturated heterocycles. The largest absolute Gasteiger partial charge is 0.381 e. The molecule has 0 bridgehead atoms. The van der Waals surface area contributed by atoms with Gasteiger partial charge in [0.1, 0.15) is 0 Å². The van der Waals surface area contributed by atoms with Crippen molar-refractivity contribution in [2.45, 2.75) is 19.4 Å². The van der Waals surface area contributed by atoms with E-state index < -0.39 is 5.41 Å². The first-order chi connectivity index (χ1) is 9.07. The summed E-state index contributed by atoms with van der Waals surface area (Å²) in [6, 6.07) is 2.05. The summed E-state index contributed by atoms with van der Waals surface area (Å²) in [5, 5.41) is 2.06. The van der Waals surface area contributed by atoms with Crippen LogP contribution >= 0.6 is 27.3 Å². The molecule has 0 aromatic carbocycles. The third-order valence-corrected chi connectivity index (χ3v) is 5.24. The molecule has 1 aromatic rings. The van der Waals surface area contributed by atoms with Gasteiger partial charge in [0.15, 0.2) is 0 Å². The Bertz CT molecular complexity index is 444. The van der Waals surface area contributed by atoms with E-state index in [9.17, 15) is 4.79 Å². The van der Waals surface area contributed by atoms with E-state index in [1.807, 2.05) is 13.1 Å². The number of nitrogens with two attached hydrogens (primary N) is 1. The topological polar surface area (TPSA) is 55.6 Å². The summed E-state index contributed by atoms with van der Waals surface area (Å²) in [6.07, 6.45) is 1.44. The lowest BCUT2D eigenvalue weighted by Gasteiger charge is -2.37. The number of ether oxygens (including phenoxy) is 1. The van der Waals surface area contributed by atoms with Gasteiger partial charge in [-0.1, -0.05) is 0 Å². The van der Waals surface area contributed by atoms with E-state index in [2.05, 4.69) is 21.3 Å². The fraction of sp³-hybridized carbons (Fsp3) is 0.615. The van der Waals surface area contributed by atoms with Crippen LogP contribution in [0.25, 0.3) is 0 Å². The van der Waals surface area contributed by atoms with Gasteiger partial charge in [-0.05, 0) is 45.8 Å². The minimum Gasteiger partial charge on any atom is -0.381 e. The van der Waals surface area contributed by atoms with Crippen molar-refractivity contribution in [3.05, 3.63) is 20.8 Å². The average molecular weight is 347 g/mol. The highest BCUT2D eigenvalue weighted by Gasteiger charge is 2.40. The smallest absolute Gasteiger partial charge is 0.230 e. The molecule has 1 aliphatic rings. The monoisotopic (exact) mass is 346 g/mol. The molecule has 6 heteroatoms. The SMILES string of the molecule is CN(Cc1csc(Br)c1)C(=O)C1(CN)CCOCC1. The van der Waals surface area contributed by atoms with Crippen LogP contribution in [0.3, 0.4) is 0 Å². The zero-order chi connectivity index (χ0) is 13.9. The van der Waals surface area contributed by atoms with Gasteiger partial charge in [-0.2, -0.15) is 0 Å². The molecule has 2 heterocycles. The molecular formula is C13H19BrN2O2S. The second kappa shape index (κ2) is 6.35. The van der Waals surface area contributed by atoms with Gasteiger partial charge in [0.2, 0.25) is 5.91 Å². The minimum absolute atomic E-state index is 0.139. The van der Waals surface area contributed by atoms with Crippen LogP contribution in [0.15, 0.2) is 15.2 Å². The molecule has 0 spiro atoms. The molecule has 0 saturated carbocycles. The molecule has 19 heavy (non-hydrogen) atoms. The third kappa shape index (κ3) is 3.37. The van der Waals surface area contributed by atoms with Crippen LogP contribution in [-0.4, -0.2) is 37.6 Å². The summed E-state index contributed by atoms with van der Waals surface area (Å²) < 4.78 is 6.43. The van der Waals surface area contributed by atoms with Gasteiger partial charge in [0, 0.05) is 33.4 Å². The number of nitrogens with zero attached hydrogens (tertiary/aromatic N) is 1. The number of carbonyl (C=O) groups is 1. The highest BCUT2D eigenvalue weighted by molar-refractivity contribution is 9.11. The Morgan fingerprint density at radius 2 is 2.26 bits per heavy atom. The number of rotatable bonds is 4. The van der Waals surface area contributed by atoms with Gasteiger partial charge in [0.25, 0.3) is 0 Å². The lowest BCUT2D eigenvalue weighted by atomic mass is 9.79. The summed E-state index contributed by atoms with van der Waals surface area (Å²) in [5.74, 6) is 0.139. The molecule has 1 fully saturated rings. The Hall–Kier alpha value is -0.430. The summed E-state index contributed by atoms with van der Waals surface area (Å²) in [4.78, 5) is 14.4. The number of halogens is 1. The van der Waals surface area contributed by atoms with Gasteiger partial charge in [0.05, 0.1) is 9.20 Å². The van der Waals surface area contributed by atoms with E-state index in [1.165, 1.54) is 0 Å². The van der Waals surface area contributed by atoms with Crippen LogP contribution in [0.5, 0.6) is 0 Å². The molecule has 1 aliphatic heterocycles. The molecule has 2 rings (SSSR count). The first kappa shape index (κ1) is 15.0. The predicted molar refractivity (Wildman–Crippen MR) is 80.0 cm³/mol. The van der Waals surface area contributed by atoms with Gasteiger partial charge in [-0.15, -0.1) is 11.3 Å². The van der Waals surface area contributed by atoms with Crippen LogP contribution in [-0.2, 0) is 16.1 Å². The Labute approximate surface area is 126 Å². The van der Waals surface area contributed by atoms with Crippen molar-refractivity contribution in [1.29, 1.82) is 0 Å². The van der Waals surface area contributed by atoms with E-state index >= 15 is 0 Å². The highest BCUT2D eigenvalue weighted by atomic mass is 79.9. The zero-order valence-corrected chi connectivity index (χ0v) is 13.4. The molecule has 2 N–H and O–H groups in total. The second-order valence-corrected chi connectivity index (χ2v) is 7.31. The Kier molecular flexibility index (Phi) is 5.00. The van der Waals surface area contributed by atoms with Crippen LogP contribution in [0.4, 0.5) is 0 Å². The van der Waals surface area contributed by atoms with Crippen LogP contribution in [0.1, 0.15) is 18.4 Å². The first-order valence-electron chi connectivity index (χ1n) is 6.34. The van der Waals surface area contributed by atoms with Crippen molar-refractivity contribution in [1.82, 2.24) is 4.90 Å². The quantitative estimate of drug-likeness (QED) is 0.909. The number of carbonyl (C=O) groups excluding carboxylic acids is 1. The van der Waals surface area contributed by atoms with Crippen LogP contribution < -0.4 is 5.73 Å². The normalized spacial score (nSPS) is 18.3. The number of hydrogen-bond acceptors (Lipinski definition) is 4. The van der Waals surface area contributed by atoms with Gasteiger partial charge in [-0.25, -0.2) is 0 Å². The first-order valence-corrected chi connectivity index (χ1v) is 8.01. The number of thiophene rings is 1. The minimum atomic E-state index is -0.430. The molecule has 0 aliphatic carbocycles. The summed E-state index contributed by atoms with van der Waals surface area (Å²) >= 11 is 5.07. The van der Waals surface area contributed by atoms with E-state index in [4.69, 9.17) is 10.5 Å². The highest BCUT2D eigenvalue weighted by Crippen LogP contribution is 2.32. The van der Waals surface area contributed by atoms with Crippen molar-refractivity contribution in [3.63, 3.8) is 0 Å². The number of amides is 1. The van der Waals surface area contributed by atoms with E-state index in [0.29, 0.717) is 26.3 Å². The summed E-state index contributed by atoms with van der Waals surface area (Å²) in [7, 11) is 1.85. The number of hydrogen-bond donors (Lipinski definition) is 1. The summed E-state index contributed by atoms with van der Waals surface area (Å²) in [5.41, 5.74) is 6.58. The molecular weight excluding hydrogens is 328 g/mol. The van der Waals surface area contributed by atoms with Crippen molar-refractivity contribution in [3.8, 4) is 0 Å². The molecule has 1 amide bonds. The van der Waals surface area contributed by atoms with Crippen LogP contribution in [0.2, 0.25) is 0 Å². The lowest BCUT2D eigenvalue weighted by molar-refractivity contribution is -0.146. The predicted octanol–water partition coefficient (Wildman–Crippen LogP) is 2.22. The molecule has 0 unspecified atom stereocenters. The van der Waals surface area contributed by atoms with Gasteiger partial charge < -0.3 is 15.4 Å². The van der Waals surface area contributed by atoms with Crippen molar-refractivity contribution >= 4 is 33.2 Å². The molecule has 1 aromatic heterocycles. The second-order valence-electron chi connectivity index (χ2n) is 5.02. The maximum Gasteiger partial charge on any atom is 0.230 e. The molecule has 0 atom stereocenters. The maximum atomic E-state index is 12.6. The molecule has 0 radical (unpaired) electrons. The average Bonchev–Trinajstić information content (AvgIpc) is 2.84. The Balaban J connectivity index is 2.04. The van der Waals surface area contributed by atoms with Crippen molar-refractivity contribution in [2.24, 2.45) is 11.1 Å².